The van der Waals surface area contributed by atoms with Gasteiger partial charge in [0.05, 0.1) is 0 Å². The van der Waals surface area contributed by atoms with E-state index >= 15 is 0 Å². The summed E-state index contributed by atoms with van der Waals surface area (Å²) in [6, 6.07) is -0.662. The fraction of sp³-hybridized carbons (Fsp3) is 0.867. The van der Waals surface area contributed by atoms with Crippen LogP contribution in [-0.2, 0) is 9.59 Å². The van der Waals surface area contributed by atoms with Crippen LogP contribution in [0, 0.1) is 17.3 Å². The molecule has 19 heavy (non-hydrogen) atoms. The highest BCUT2D eigenvalue weighted by molar-refractivity contribution is 5.97. The fourth-order valence-corrected chi connectivity index (χ4v) is 2.83. The molecule has 1 heterocycles. The van der Waals surface area contributed by atoms with E-state index in [-0.39, 0.29) is 41.1 Å². The average Bonchev–Trinajstić information content (AvgIpc) is 3.00. The van der Waals surface area contributed by atoms with Crippen LogP contribution in [0.2, 0.25) is 0 Å². The van der Waals surface area contributed by atoms with Gasteiger partial charge in [0.15, 0.2) is 0 Å². The van der Waals surface area contributed by atoms with Crippen molar-refractivity contribution in [2.45, 2.75) is 59.5 Å². The molecule has 0 radical (unpaired) electrons. The van der Waals surface area contributed by atoms with Gasteiger partial charge in [0.2, 0.25) is 11.8 Å². The molecule has 0 aromatic rings. The Morgan fingerprint density at radius 3 is 2.21 bits per heavy atom. The van der Waals surface area contributed by atoms with Crippen molar-refractivity contribution < 1.29 is 9.59 Å². The van der Waals surface area contributed by atoms with Crippen molar-refractivity contribution in [1.82, 2.24) is 10.2 Å². The SMILES string of the molecule is CC(C)C1NC(=O)C(C(C)C)N(CC2(C)CC2)C1=O. The molecule has 2 fully saturated rings. The minimum absolute atomic E-state index is 0.0116. The standard InChI is InChI=1S/C15H26N2O2/c1-9(2)11-14(19)17(8-15(5)6-7-15)12(10(3)4)13(18)16-11/h9-12H,6-8H2,1-5H3,(H,16,18). The van der Waals surface area contributed by atoms with Crippen molar-refractivity contribution in [2.24, 2.45) is 17.3 Å². The van der Waals surface area contributed by atoms with E-state index in [2.05, 4.69) is 12.2 Å². The predicted octanol–water partition coefficient (Wildman–Crippen LogP) is 1.79. The summed E-state index contributed by atoms with van der Waals surface area (Å²) >= 11 is 0. The highest BCUT2D eigenvalue weighted by Crippen LogP contribution is 2.46. The van der Waals surface area contributed by atoms with Gasteiger partial charge >= 0.3 is 0 Å². The molecule has 0 spiro atoms. The van der Waals surface area contributed by atoms with E-state index in [1.165, 1.54) is 0 Å². The van der Waals surface area contributed by atoms with Gasteiger partial charge in [-0.15, -0.1) is 0 Å². The third-order valence-corrected chi connectivity index (χ3v) is 4.41. The van der Waals surface area contributed by atoms with Crippen LogP contribution in [0.3, 0.4) is 0 Å². The minimum atomic E-state index is -0.357. The second-order valence-electron chi connectivity index (χ2n) is 7.20. The fourth-order valence-electron chi connectivity index (χ4n) is 2.83. The summed E-state index contributed by atoms with van der Waals surface area (Å²) in [6.07, 6.45) is 2.32. The largest absolute Gasteiger partial charge is 0.342 e. The molecule has 4 heteroatoms. The molecular formula is C15H26N2O2. The third kappa shape index (κ3) is 2.77. The number of hydrogen-bond acceptors (Lipinski definition) is 2. The predicted molar refractivity (Wildman–Crippen MR) is 74.4 cm³/mol. The normalized spacial score (nSPS) is 29.9. The quantitative estimate of drug-likeness (QED) is 0.843. The van der Waals surface area contributed by atoms with Crippen LogP contribution < -0.4 is 5.32 Å². The lowest BCUT2D eigenvalue weighted by molar-refractivity contribution is -0.153. The molecule has 0 aromatic carbocycles. The Balaban J connectivity index is 2.24. The van der Waals surface area contributed by atoms with Crippen LogP contribution in [-0.4, -0.2) is 35.3 Å². The van der Waals surface area contributed by atoms with Crippen molar-refractivity contribution in [3.05, 3.63) is 0 Å². The van der Waals surface area contributed by atoms with E-state index < -0.39 is 0 Å². The molecule has 1 aliphatic heterocycles. The molecule has 4 nitrogen and oxygen atoms in total. The van der Waals surface area contributed by atoms with E-state index in [1.807, 2.05) is 32.6 Å². The molecule has 2 amide bonds. The average molecular weight is 266 g/mol. The zero-order valence-corrected chi connectivity index (χ0v) is 12.7. The number of hydrogen-bond donors (Lipinski definition) is 1. The van der Waals surface area contributed by atoms with E-state index in [4.69, 9.17) is 0 Å². The summed E-state index contributed by atoms with van der Waals surface area (Å²) in [6.45, 7) is 10.9. The van der Waals surface area contributed by atoms with Gasteiger partial charge in [0, 0.05) is 6.54 Å². The second-order valence-corrected chi connectivity index (χ2v) is 7.20. The van der Waals surface area contributed by atoms with Crippen molar-refractivity contribution in [1.29, 1.82) is 0 Å². The lowest BCUT2D eigenvalue weighted by atomic mass is 9.91. The molecule has 0 aromatic heterocycles. The number of nitrogens with one attached hydrogen (secondary N) is 1. The molecule has 2 rings (SSSR count). The molecule has 2 atom stereocenters. The summed E-state index contributed by atoms with van der Waals surface area (Å²) in [5, 5.41) is 2.90. The van der Waals surface area contributed by atoms with Gasteiger partial charge in [-0.05, 0) is 30.1 Å². The summed E-state index contributed by atoms with van der Waals surface area (Å²) in [5.41, 5.74) is 0.238. The van der Waals surface area contributed by atoms with Crippen molar-refractivity contribution in [3.63, 3.8) is 0 Å². The number of carbonyl (C=O) groups is 2. The molecule has 108 valence electrons. The first kappa shape index (κ1) is 14.4. The second kappa shape index (κ2) is 4.80. The van der Waals surface area contributed by atoms with Gasteiger partial charge in [-0.3, -0.25) is 9.59 Å². The Kier molecular flexibility index (Phi) is 3.63. The first-order chi connectivity index (χ1) is 8.75. The Hall–Kier alpha value is -1.06. The summed E-state index contributed by atoms with van der Waals surface area (Å²) < 4.78 is 0. The highest BCUT2D eigenvalue weighted by atomic mass is 16.2. The third-order valence-electron chi connectivity index (χ3n) is 4.41. The molecule has 2 unspecified atom stereocenters. The van der Waals surface area contributed by atoms with Crippen LogP contribution in [0.1, 0.15) is 47.5 Å². The topological polar surface area (TPSA) is 49.4 Å². The highest BCUT2D eigenvalue weighted by Gasteiger charge is 2.48. The van der Waals surface area contributed by atoms with Crippen molar-refractivity contribution in [3.8, 4) is 0 Å². The van der Waals surface area contributed by atoms with Gasteiger partial charge < -0.3 is 10.2 Å². The van der Waals surface area contributed by atoms with Gasteiger partial charge in [-0.2, -0.15) is 0 Å². The van der Waals surface area contributed by atoms with Crippen LogP contribution in [0.25, 0.3) is 0 Å². The molecule has 2 aliphatic rings. The van der Waals surface area contributed by atoms with Crippen LogP contribution in [0.4, 0.5) is 0 Å². The maximum atomic E-state index is 12.6. The monoisotopic (exact) mass is 266 g/mol. The van der Waals surface area contributed by atoms with E-state index in [9.17, 15) is 9.59 Å². The van der Waals surface area contributed by atoms with E-state index in [1.54, 1.807) is 0 Å². The van der Waals surface area contributed by atoms with Gasteiger partial charge in [-0.25, -0.2) is 0 Å². The van der Waals surface area contributed by atoms with Gasteiger partial charge in [0.25, 0.3) is 0 Å². The number of rotatable bonds is 4. The Labute approximate surface area is 115 Å². The smallest absolute Gasteiger partial charge is 0.246 e. The molecular weight excluding hydrogens is 240 g/mol. The van der Waals surface area contributed by atoms with Crippen LogP contribution in [0.15, 0.2) is 0 Å². The van der Waals surface area contributed by atoms with Crippen LogP contribution in [0.5, 0.6) is 0 Å². The lowest BCUT2D eigenvalue weighted by Crippen LogP contribution is -2.66. The van der Waals surface area contributed by atoms with E-state index in [0.717, 1.165) is 19.4 Å². The molecule has 1 aliphatic carbocycles. The zero-order chi connectivity index (χ0) is 14.4. The summed E-state index contributed by atoms with van der Waals surface area (Å²) in [5.74, 6) is 0.400. The van der Waals surface area contributed by atoms with Crippen molar-refractivity contribution >= 4 is 11.8 Å². The lowest BCUT2D eigenvalue weighted by Gasteiger charge is -2.43. The molecule has 1 N–H and O–H groups in total. The Bertz CT molecular complexity index is 386. The van der Waals surface area contributed by atoms with Gasteiger partial charge in [-0.1, -0.05) is 34.6 Å². The maximum absolute atomic E-state index is 12.6. The number of amides is 2. The van der Waals surface area contributed by atoms with Crippen LogP contribution >= 0.6 is 0 Å². The zero-order valence-electron chi connectivity index (χ0n) is 12.7. The van der Waals surface area contributed by atoms with Gasteiger partial charge in [0.1, 0.15) is 12.1 Å². The number of piperazine rings is 1. The number of carbonyl (C=O) groups excluding carboxylic acids is 2. The Morgan fingerprint density at radius 1 is 1.21 bits per heavy atom. The van der Waals surface area contributed by atoms with Crippen molar-refractivity contribution in [2.75, 3.05) is 6.54 Å². The molecule has 0 bridgehead atoms. The number of nitrogens with zero attached hydrogens (tertiary/aromatic N) is 1. The first-order valence-electron chi connectivity index (χ1n) is 7.36. The summed E-state index contributed by atoms with van der Waals surface area (Å²) in [4.78, 5) is 26.8. The molecule has 1 saturated carbocycles. The minimum Gasteiger partial charge on any atom is -0.342 e. The van der Waals surface area contributed by atoms with E-state index in [0.29, 0.717) is 0 Å². The summed E-state index contributed by atoms with van der Waals surface area (Å²) in [7, 11) is 0. The maximum Gasteiger partial charge on any atom is 0.246 e. The first-order valence-corrected chi connectivity index (χ1v) is 7.36. The molecule has 1 saturated heterocycles. The Morgan fingerprint density at radius 2 is 1.79 bits per heavy atom.